The van der Waals surface area contributed by atoms with Crippen LogP contribution in [0.1, 0.15) is 5.56 Å². The maximum absolute atomic E-state index is 12.2. The third-order valence-electron chi connectivity index (χ3n) is 3.84. The Morgan fingerprint density at radius 2 is 1.81 bits per heavy atom. The molecule has 0 aliphatic rings. The number of benzene rings is 2. The molecule has 3 aromatic rings. The second-order valence-electron chi connectivity index (χ2n) is 5.68. The number of nitrogens with one attached hydrogen (secondary N) is 1. The molecule has 0 aliphatic heterocycles. The Morgan fingerprint density at radius 1 is 1.11 bits per heavy atom. The van der Waals surface area contributed by atoms with Crippen LogP contribution in [-0.4, -0.2) is 22.8 Å². The Balaban J connectivity index is 1.76. The molecule has 2 aromatic carbocycles. The van der Waals surface area contributed by atoms with Crippen LogP contribution in [0, 0.1) is 11.3 Å². The maximum Gasteiger partial charge on any atom is 0.267 e. The van der Waals surface area contributed by atoms with E-state index in [0.717, 1.165) is 10.2 Å². The summed E-state index contributed by atoms with van der Waals surface area (Å²) in [4.78, 5) is 24.3. The minimum Gasteiger partial charge on any atom is -0.497 e. The molecule has 7 nitrogen and oxygen atoms in total. The van der Waals surface area contributed by atoms with Crippen LogP contribution < -0.4 is 15.6 Å². The lowest BCUT2D eigenvalue weighted by Gasteiger charge is -2.09. The van der Waals surface area contributed by atoms with E-state index in [1.807, 2.05) is 18.2 Å². The second kappa shape index (κ2) is 7.97. The number of hydrogen-bond acceptors (Lipinski definition) is 5. The number of rotatable bonds is 5. The first kappa shape index (κ1) is 17.9. The monoisotopic (exact) mass is 360 g/mol. The van der Waals surface area contributed by atoms with Crippen molar-refractivity contribution in [3.63, 3.8) is 0 Å². The molecule has 1 aromatic heterocycles. The van der Waals surface area contributed by atoms with Crippen molar-refractivity contribution in [2.75, 3.05) is 12.4 Å². The number of carbonyl (C=O) groups excluding carboxylic acids is 1. The zero-order chi connectivity index (χ0) is 19.2. The summed E-state index contributed by atoms with van der Waals surface area (Å²) in [6.07, 6.45) is 0. The van der Waals surface area contributed by atoms with Gasteiger partial charge in [0.2, 0.25) is 5.91 Å². The summed E-state index contributed by atoms with van der Waals surface area (Å²) in [6.45, 7) is -0.219. The Kier molecular flexibility index (Phi) is 5.28. The lowest BCUT2D eigenvalue weighted by molar-refractivity contribution is -0.117. The van der Waals surface area contributed by atoms with E-state index in [1.54, 1.807) is 49.6 Å². The fraction of sp³-hybridized carbons (Fsp3) is 0.100. The van der Waals surface area contributed by atoms with E-state index in [4.69, 9.17) is 10.00 Å². The van der Waals surface area contributed by atoms with Crippen LogP contribution in [0.2, 0.25) is 0 Å². The Bertz CT molecular complexity index is 1050. The van der Waals surface area contributed by atoms with Gasteiger partial charge in [0.05, 0.1) is 24.4 Å². The van der Waals surface area contributed by atoms with Gasteiger partial charge in [-0.3, -0.25) is 9.59 Å². The van der Waals surface area contributed by atoms with Gasteiger partial charge in [0, 0.05) is 17.3 Å². The van der Waals surface area contributed by atoms with Crippen molar-refractivity contribution in [1.29, 1.82) is 5.26 Å². The molecular weight excluding hydrogens is 344 g/mol. The van der Waals surface area contributed by atoms with Gasteiger partial charge in [-0.1, -0.05) is 0 Å². The number of hydrogen-bond donors (Lipinski definition) is 1. The summed E-state index contributed by atoms with van der Waals surface area (Å²) in [6, 6.07) is 18.7. The van der Waals surface area contributed by atoms with Crippen LogP contribution in [0.15, 0.2) is 65.5 Å². The molecule has 0 fully saturated rings. The largest absolute Gasteiger partial charge is 0.497 e. The van der Waals surface area contributed by atoms with Gasteiger partial charge in [0.15, 0.2) is 0 Å². The molecule has 0 aliphatic carbocycles. The third-order valence-corrected chi connectivity index (χ3v) is 3.84. The first-order chi connectivity index (χ1) is 13.1. The number of amides is 1. The van der Waals surface area contributed by atoms with Crippen LogP contribution in [-0.2, 0) is 11.3 Å². The van der Waals surface area contributed by atoms with Crippen LogP contribution >= 0.6 is 0 Å². The zero-order valence-corrected chi connectivity index (χ0v) is 14.5. The van der Waals surface area contributed by atoms with E-state index in [1.165, 1.54) is 6.07 Å². The molecule has 7 heteroatoms. The van der Waals surface area contributed by atoms with E-state index >= 15 is 0 Å². The van der Waals surface area contributed by atoms with Gasteiger partial charge in [-0.05, 0) is 54.6 Å². The standard InChI is InChI=1S/C20H16N4O3/c1-27-17-8-4-15(5-9-17)18-10-11-20(26)24(23-18)13-19(25)22-16-6-2-14(12-21)3-7-16/h2-11H,13H2,1H3,(H,22,25). The second-order valence-corrected chi connectivity index (χ2v) is 5.68. The molecule has 0 spiro atoms. The third kappa shape index (κ3) is 4.38. The Morgan fingerprint density at radius 3 is 2.44 bits per heavy atom. The Hall–Kier alpha value is -3.92. The van der Waals surface area contributed by atoms with Gasteiger partial charge >= 0.3 is 0 Å². The SMILES string of the molecule is COc1ccc(-c2ccc(=O)n(CC(=O)Nc3ccc(C#N)cc3)n2)cc1. The number of nitriles is 1. The van der Waals surface area contributed by atoms with Crippen molar-refractivity contribution in [3.05, 3.63) is 76.6 Å². The van der Waals surface area contributed by atoms with Gasteiger partial charge in [-0.25, -0.2) is 4.68 Å². The molecule has 1 amide bonds. The smallest absolute Gasteiger partial charge is 0.267 e. The zero-order valence-electron chi connectivity index (χ0n) is 14.5. The van der Waals surface area contributed by atoms with Crippen LogP contribution in [0.5, 0.6) is 5.75 Å². The number of nitrogens with zero attached hydrogens (tertiary/aromatic N) is 3. The molecule has 1 N–H and O–H groups in total. The highest BCUT2D eigenvalue weighted by atomic mass is 16.5. The average molecular weight is 360 g/mol. The van der Waals surface area contributed by atoms with E-state index in [0.29, 0.717) is 22.7 Å². The summed E-state index contributed by atoms with van der Waals surface area (Å²) in [5.41, 5.74) is 2.04. The normalized spacial score (nSPS) is 10.1. The molecule has 0 saturated heterocycles. The van der Waals surface area contributed by atoms with E-state index < -0.39 is 0 Å². The predicted octanol–water partition coefficient (Wildman–Crippen LogP) is 2.43. The van der Waals surface area contributed by atoms with Crippen molar-refractivity contribution in [2.24, 2.45) is 0 Å². The molecule has 0 unspecified atom stereocenters. The number of methoxy groups -OCH3 is 1. The van der Waals surface area contributed by atoms with Crippen molar-refractivity contribution >= 4 is 11.6 Å². The number of carbonyl (C=O) groups is 1. The minimum absolute atomic E-state index is 0.219. The summed E-state index contributed by atoms with van der Waals surface area (Å²) >= 11 is 0. The van der Waals surface area contributed by atoms with Crippen LogP contribution in [0.3, 0.4) is 0 Å². The molecule has 0 saturated carbocycles. The fourth-order valence-corrected chi connectivity index (χ4v) is 2.44. The van der Waals surface area contributed by atoms with Gasteiger partial charge in [-0.15, -0.1) is 0 Å². The fourth-order valence-electron chi connectivity index (χ4n) is 2.44. The highest BCUT2D eigenvalue weighted by Crippen LogP contribution is 2.19. The van der Waals surface area contributed by atoms with Crippen LogP contribution in [0.25, 0.3) is 11.3 Å². The number of aromatic nitrogens is 2. The maximum atomic E-state index is 12.2. The van der Waals surface area contributed by atoms with Gasteiger partial charge in [0.1, 0.15) is 12.3 Å². The lowest BCUT2D eigenvalue weighted by atomic mass is 10.1. The van der Waals surface area contributed by atoms with Gasteiger partial charge < -0.3 is 10.1 Å². The number of anilines is 1. The molecule has 1 heterocycles. The average Bonchev–Trinajstić information content (AvgIpc) is 2.70. The first-order valence-electron chi connectivity index (χ1n) is 8.11. The highest BCUT2D eigenvalue weighted by molar-refractivity contribution is 5.90. The summed E-state index contributed by atoms with van der Waals surface area (Å²) in [5, 5.41) is 15.7. The molecule has 3 rings (SSSR count). The number of ether oxygens (including phenoxy) is 1. The molecule has 134 valence electrons. The van der Waals surface area contributed by atoms with E-state index in [9.17, 15) is 9.59 Å². The lowest BCUT2D eigenvalue weighted by Crippen LogP contribution is -2.29. The summed E-state index contributed by atoms with van der Waals surface area (Å²) in [7, 11) is 1.58. The van der Waals surface area contributed by atoms with Crippen molar-refractivity contribution in [1.82, 2.24) is 9.78 Å². The van der Waals surface area contributed by atoms with E-state index in [-0.39, 0.29) is 18.0 Å². The summed E-state index contributed by atoms with van der Waals surface area (Å²) in [5.74, 6) is 0.329. The summed E-state index contributed by atoms with van der Waals surface area (Å²) < 4.78 is 6.23. The molecule has 0 bridgehead atoms. The Labute approximate surface area is 155 Å². The first-order valence-corrected chi connectivity index (χ1v) is 8.11. The van der Waals surface area contributed by atoms with Crippen LogP contribution in [0.4, 0.5) is 5.69 Å². The minimum atomic E-state index is -0.388. The van der Waals surface area contributed by atoms with Gasteiger partial charge in [0.25, 0.3) is 5.56 Å². The quantitative estimate of drug-likeness (QED) is 0.754. The molecule has 0 atom stereocenters. The highest BCUT2D eigenvalue weighted by Gasteiger charge is 2.09. The topological polar surface area (TPSA) is 97.0 Å². The van der Waals surface area contributed by atoms with E-state index in [2.05, 4.69) is 10.4 Å². The van der Waals surface area contributed by atoms with Gasteiger partial charge in [-0.2, -0.15) is 10.4 Å². The molecule has 0 radical (unpaired) electrons. The predicted molar refractivity (Wildman–Crippen MR) is 100 cm³/mol. The molecular formula is C20H16N4O3. The van der Waals surface area contributed by atoms with Crippen molar-refractivity contribution in [2.45, 2.75) is 6.54 Å². The van der Waals surface area contributed by atoms with Crippen molar-refractivity contribution < 1.29 is 9.53 Å². The molecule has 27 heavy (non-hydrogen) atoms. The van der Waals surface area contributed by atoms with Crippen molar-refractivity contribution in [3.8, 4) is 23.1 Å².